The van der Waals surface area contributed by atoms with Crippen LogP contribution in [0.1, 0.15) is 48.6 Å². The number of hydrogen-bond donors (Lipinski definition) is 2. The number of halogens is 1. The first-order valence-corrected chi connectivity index (χ1v) is 11.5. The molecule has 3 rings (SSSR count). The maximum Gasteiger partial charge on any atom is 0.329 e. The molecule has 2 N–H and O–H groups in total. The topological polar surface area (TPSA) is 67.2 Å². The monoisotopic (exact) mass is 445 g/mol. The van der Waals surface area contributed by atoms with Gasteiger partial charge in [-0.2, -0.15) is 0 Å². The minimum Gasteiger partial charge on any atom is -0.480 e. The Kier molecular flexibility index (Phi) is 7.69. The standard InChI is InChI=1S/C23H28ClN3O2S/c1-3-4-11-21-25-15-18(27(21)16-17-8-5-6-9-19(17)24)12-13-26-23(2,22(28)29)20-10-7-14-30-20/h5-10,14-15,26H,3-4,11-13,16H2,1-2H3,(H,28,29)/t23-/m1/s1. The Morgan fingerprint density at radius 2 is 2.07 bits per heavy atom. The molecule has 0 aliphatic rings. The third-order valence-electron chi connectivity index (χ3n) is 5.36. The number of carboxylic acids is 1. The van der Waals surface area contributed by atoms with Crippen molar-refractivity contribution in [3.05, 3.63) is 75.0 Å². The van der Waals surface area contributed by atoms with Gasteiger partial charge in [0.15, 0.2) is 0 Å². The zero-order chi connectivity index (χ0) is 21.6. The fourth-order valence-corrected chi connectivity index (χ4v) is 4.50. The third kappa shape index (κ3) is 5.12. The van der Waals surface area contributed by atoms with E-state index >= 15 is 0 Å². The Morgan fingerprint density at radius 1 is 1.27 bits per heavy atom. The van der Waals surface area contributed by atoms with Crippen LogP contribution in [-0.4, -0.2) is 27.2 Å². The van der Waals surface area contributed by atoms with E-state index in [1.165, 1.54) is 11.3 Å². The summed E-state index contributed by atoms with van der Waals surface area (Å²) in [6.45, 7) is 5.08. The first-order valence-electron chi connectivity index (χ1n) is 10.2. The van der Waals surface area contributed by atoms with Gasteiger partial charge in [0.2, 0.25) is 0 Å². The van der Waals surface area contributed by atoms with Crippen molar-refractivity contribution in [1.82, 2.24) is 14.9 Å². The van der Waals surface area contributed by atoms with Gasteiger partial charge in [-0.1, -0.05) is 49.2 Å². The highest BCUT2D eigenvalue weighted by Crippen LogP contribution is 2.26. The molecule has 0 fully saturated rings. The Labute approximate surface area is 186 Å². The van der Waals surface area contributed by atoms with Crippen molar-refractivity contribution in [1.29, 1.82) is 0 Å². The van der Waals surface area contributed by atoms with E-state index in [4.69, 9.17) is 11.6 Å². The van der Waals surface area contributed by atoms with Crippen molar-refractivity contribution in [3.63, 3.8) is 0 Å². The predicted molar refractivity (Wildman–Crippen MR) is 122 cm³/mol. The number of carbonyl (C=O) groups is 1. The quantitative estimate of drug-likeness (QED) is 0.429. The van der Waals surface area contributed by atoms with E-state index < -0.39 is 11.5 Å². The molecule has 0 saturated carbocycles. The summed E-state index contributed by atoms with van der Waals surface area (Å²) >= 11 is 7.84. The van der Waals surface area contributed by atoms with E-state index in [1.807, 2.05) is 48.0 Å². The van der Waals surface area contributed by atoms with Crippen LogP contribution in [0.15, 0.2) is 48.0 Å². The molecule has 0 radical (unpaired) electrons. The summed E-state index contributed by atoms with van der Waals surface area (Å²) in [4.78, 5) is 17.4. The average molecular weight is 446 g/mol. The fraction of sp³-hybridized carbons (Fsp3) is 0.391. The Morgan fingerprint density at radius 3 is 2.73 bits per heavy atom. The lowest BCUT2D eigenvalue weighted by molar-refractivity contribution is -0.144. The summed E-state index contributed by atoms with van der Waals surface area (Å²) in [6.07, 6.45) is 5.68. The van der Waals surface area contributed by atoms with Gasteiger partial charge >= 0.3 is 5.97 Å². The number of aryl methyl sites for hydroxylation is 1. The number of aliphatic carboxylic acids is 1. The number of unbranched alkanes of at least 4 members (excludes halogenated alkanes) is 1. The second kappa shape index (κ2) is 10.2. The summed E-state index contributed by atoms with van der Waals surface area (Å²) < 4.78 is 2.22. The van der Waals surface area contributed by atoms with E-state index in [0.717, 1.165) is 46.2 Å². The summed E-state index contributed by atoms with van der Waals surface area (Å²) in [5.41, 5.74) is 1.03. The van der Waals surface area contributed by atoms with Crippen molar-refractivity contribution >= 4 is 28.9 Å². The molecule has 5 nitrogen and oxygen atoms in total. The predicted octanol–water partition coefficient (Wildman–Crippen LogP) is 5.12. The fourth-order valence-electron chi connectivity index (χ4n) is 3.45. The highest BCUT2D eigenvalue weighted by Gasteiger charge is 2.35. The van der Waals surface area contributed by atoms with Crippen LogP contribution in [0.2, 0.25) is 5.02 Å². The van der Waals surface area contributed by atoms with Crippen molar-refractivity contribution in [3.8, 4) is 0 Å². The number of carboxylic acid groups (broad SMARTS) is 1. The lowest BCUT2D eigenvalue weighted by Gasteiger charge is -2.25. The Balaban J connectivity index is 1.77. The summed E-state index contributed by atoms with van der Waals surface area (Å²) in [5, 5.41) is 15.7. The number of hydrogen-bond acceptors (Lipinski definition) is 4. The molecule has 3 aromatic rings. The summed E-state index contributed by atoms with van der Waals surface area (Å²) in [5.74, 6) is 0.171. The number of nitrogens with one attached hydrogen (secondary N) is 1. The van der Waals surface area contributed by atoms with Crippen LogP contribution in [0.25, 0.3) is 0 Å². The zero-order valence-corrected chi connectivity index (χ0v) is 19.0. The van der Waals surface area contributed by atoms with E-state index in [2.05, 4.69) is 21.8 Å². The number of rotatable bonds is 11. The molecule has 1 atom stereocenters. The van der Waals surface area contributed by atoms with Crippen LogP contribution in [0, 0.1) is 0 Å². The smallest absolute Gasteiger partial charge is 0.329 e. The molecule has 1 aromatic carbocycles. The molecule has 30 heavy (non-hydrogen) atoms. The molecule has 0 bridgehead atoms. The largest absolute Gasteiger partial charge is 0.480 e. The van der Waals surface area contributed by atoms with E-state index in [0.29, 0.717) is 19.5 Å². The molecule has 0 unspecified atom stereocenters. The van der Waals surface area contributed by atoms with Crippen LogP contribution >= 0.6 is 22.9 Å². The number of benzene rings is 1. The molecule has 0 amide bonds. The second-order valence-electron chi connectivity index (χ2n) is 7.53. The SMILES string of the molecule is CCCCc1ncc(CCN[C@@](C)(C(=O)O)c2cccs2)n1Cc1ccccc1Cl. The van der Waals surface area contributed by atoms with Crippen molar-refractivity contribution in [2.24, 2.45) is 0 Å². The average Bonchev–Trinajstić information content (AvgIpc) is 3.39. The molecule has 0 saturated heterocycles. The molecule has 0 spiro atoms. The van der Waals surface area contributed by atoms with Crippen LogP contribution in [0.5, 0.6) is 0 Å². The molecular formula is C23H28ClN3O2S. The first-order chi connectivity index (χ1) is 14.5. The highest BCUT2D eigenvalue weighted by atomic mass is 35.5. The molecule has 160 valence electrons. The molecule has 7 heteroatoms. The summed E-state index contributed by atoms with van der Waals surface area (Å²) in [6, 6.07) is 11.6. The van der Waals surface area contributed by atoms with E-state index in [1.54, 1.807) is 6.92 Å². The number of aromatic nitrogens is 2. The summed E-state index contributed by atoms with van der Waals surface area (Å²) in [7, 11) is 0. The maximum atomic E-state index is 11.9. The van der Waals surface area contributed by atoms with Gasteiger partial charge in [-0.25, -0.2) is 9.78 Å². The van der Waals surface area contributed by atoms with Gasteiger partial charge in [0.25, 0.3) is 0 Å². The van der Waals surface area contributed by atoms with Gasteiger partial charge in [0, 0.05) is 41.2 Å². The van der Waals surface area contributed by atoms with Crippen molar-refractivity contribution in [2.75, 3.05) is 6.54 Å². The number of nitrogens with zero attached hydrogens (tertiary/aromatic N) is 2. The van der Waals surface area contributed by atoms with Gasteiger partial charge in [0.1, 0.15) is 11.4 Å². The lowest BCUT2D eigenvalue weighted by Crippen LogP contribution is -2.47. The first kappa shape index (κ1) is 22.5. The Hall–Kier alpha value is -2.15. The molecule has 2 aromatic heterocycles. The van der Waals surface area contributed by atoms with Gasteiger partial charge < -0.3 is 9.67 Å². The van der Waals surface area contributed by atoms with Crippen molar-refractivity contribution < 1.29 is 9.90 Å². The maximum absolute atomic E-state index is 11.9. The van der Waals surface area contributed by atoms with Crippen LogP contribution in [0.3, 0.4) is 0 Å². The number of imidazole rings is 1. The van der Waals surface area contributed by atoms with Gasteiger partial charge in [-0.15, -0.1) is 11.3 Å². The third-order valence-corrected chi connectivity index (χ3v) is 6.82. The van der Waals surface area contributed by atoms with Crippen molar-refractivity contribution in [2.45, 2.75) is 51.6 Å². The van der Waals surface area contributed by atoms with Gasteiger partial charge in [-0.05, 0) is 36.4 Å². The Bertz CT molecular complexity index is 971. The highest BCUT2D eigenvalue weighted by molar-refractivity contribution is 7.10. The van der Waals surface area contributed by atoms with Crippen LogP contribution in [-0.2, 0) is 29.7 Å². The molecule has 0 aliphatic heterocycles. The lowest BCUT2D eigenvalue weighted by atomic mass is 10.0. The molecule has 2 heterocycles. The normalized spacial score (nSPS) is 13.3. The van der Waals surface area contributed by atoms with Gasteiger partial charge in [0.05, 0.1) is 6.54 Å². The molecular weight excluding hydrogens is 418 g/mol. The zero-order valence-electron chi connectivity index (χ0n) is 17.4. The minimum atomic E-state index is -1.10. The second-order valence-corrected chi connectivity index (χ2v) is 8.89. The van der Waals surface area contributed by atoms with Crippen LogP contribution in [0.4, 0.5) is 0 Å². The number of thiophene rings is 1. The van der Waals surface area contributed by atoms with Crippen LogP contribution < -0.4 is 5.32 Å². The minimum absolute atomic E-state index is 0.530. The van der Waals surface area contributed by atoms with E-state index in [9.17, 15) is 9.90 Å². The van der Waals surface area contributed by atoms with Gasteiger partial charge in [-0.3, -0.25) is 5.32 Å². The molecule has 0 aliphatic carbocycles. The van der Waals surface area contributed by atoms with E-state index in [-0.39, 0.29) is 0 Å².